The molecule has 1 heterocycles. The topological polar surface area (TPSA) is 163 Å². The van der Waals surface area contributed by atoms with Gasteiger partial charge >= 0.3 is 17.9 Å². The number of hydrogen-bond donors (Lipinski definition) is 2. The van der Waals surface area contributed by atoms with Gasteiger partial charge in [0.1, 0.15) is 5.92 Å². The van der Waals surface area contributed by atoms with Crippen LogP contribution in [0, 0.1) is 23.0 Å². The summed E-state index contributed by atoms with van der Waals surface area (Å²) in [5.74, 6) is -4.95. The molecule has 0 radical (unpaired) electrons. The second kappa shape index (κ2) is 11.8. The highest BCUT2D eigenvalue weighted by atomic mass is 16.6. The molecule has 12 heteroatoms. The van der Waals surface area contributed by atoms with E-state index in [0.29, 0.717) is 0 Å². The SMILES string of the molecule is CCOC(=O)C1=C(C)NC(C)=C(C(=O)OCC)C1C(=O)OCC(=O)Nc1cccc([N+](=O)[O-])c1C. The van der Waals surface area contributed by atoms with Crippen molar-refractivity contribution in [1.82, 2.24) is 5.32 Å². The van der Waals surface area contributed by atoms with Gasteiger partial charge in [0.25, 0.3) is 11.6 Å². The molecular weight excluding hydrogens is 462 g/mol. The maximum atomic E-state index is 13.1. The van der Waals surface area contributed by atoms with Gasteiger partial charge in [0.15, 0.2) is 6.61 Å². The van der Waals surface area contributed by atoms with Crippen molar-refractivity contribution < 1.29 is 38.3 Å². The monoisotopic (exact) mass is 489 g/mol. The van der Waals surface area contributed by atoms with E-state index in [-0.39, 0.29) is 52.7 Å². The molecule has 1 aromatic carbocycles. The second-order valence-corrected chi connectivity index (χ2v) is 7.44. The van der Waals surface area contributed by atoms with Crippen LogP contribution in [0.3, 0.4) is 0 Å². The molecule has 35 heavy (non-hydrogen) atoms. The van der Waals surface area contributed by atoms with Crippen molar-refractivity contribution in [3.8, 4) is 0 Å². The first-order chi connectivity index (χ1) is 16.5. The Hall–Kier alpha value is -4.22. The highest BCUT2D eigenvalue weighted by molar-refractivity contribution is 6.06. The van der Waals surface area contributed by atoms with E-state index in [1.807, 2.05) is 0 Å². The number of esters is 3. The summed E-state index contributed by atoms with van der Waals surface area (Å²) >= 11 is 0. The lowest BCUT2D eigenvalue weighted by atomic mass is 9.85. The Morgan fingerprint density at radius 2 is 1.51 bits per heavy atom. The van der Waals surface area contributed by atoms with Crippen LogP contribution in [0.4, 0.5) is 11.4 Å². The van der Waals surface area contributed by atoms with Crippen molar-refractivity contribution in [2.75, 3.05) is 25.1 Å². The lowest BCUT2D eigenvalue weighted by molar-refractivity contribution is -0.385. The summed E-state index contributed by atoms with van der Waals surface area (Å²) in [4.78, 5) is 61.3. The van der Waals surface area contributed by atoms with Crippen molar-refractivity contribution in [1.29, 1.82) is 0 Å². The van der Waals surface area contributed by atoms with Gasteiger partial charge in [-0.25, -0.2) is 9.59 Å². The lowest BCUT2D eigenvalue weighted by Crippen LogP contribution is -2.39. The van der Waals surface area contributed by atoms with E-state index >= 15 is 0 Å². The molecule has 2 rings (SSSR count). The zero-order valence-electron chi connectivity index (χ0n) is 20.1. The van der Waals surface area contributed by atoms with Crippen LogP contribution in [0.15, 0.2) is 40.7 Å². The summed E-state index contributed by atoms with van der Waals surface area (Å²) < 4.78 is 15.3. The van der Waals surface area contributed by atoms with Crippen LogP contribution < -0.4 is 10.6 Å². The van der Waals surface area contributed by atoms with E-state index in [1.54, 1.807) is 13.8 Å². The van der Waals surface area contributed by atoms with Crippen LogP contribution in [0.1, 0.15) is 33.3 Å². The van der Waals surface area contributed by atoms with Gasteiger partial charge in [-0.3, -0.25) is 19.7 Å². The van der Waals surface area contributed by atoms with Gasteiger partial charge in [0, 0.05) is 17.5 Å². The number of carbonyl (C=O) groups is 4. The molecule has 1 aliphatic rings. The van der Waals surface area contributed by atoms with Crippen LogP contribution in [0.25, 0.3) is 0 Å². The normalized spacial score (nSPS) is 13.6. The summed E-state index contributed by atoms with van der Waals surface area (Å²) in [7, 11) is 0. The maximum absolute atomic E-state index is 13.1. The van der Waals surface area contributed by atoms with Crippen LogP contribution in [-0.4, -0.2) is 48.6 Å². The Morgan fingerprint density at radius 1 is 0.971 bits per heavy atom. The first-order valence-electron chi connectivity index (χ1n) is 10.8. The third kappa shape index (κ3) is 6.22. The number of rotatable bonds is 9. The fraction of sp³-hybridized carbons (Fsp3) is 0.391. The van der Waals surface area contributed by atoms with E-state index in [2.05, 4.69) is 10.6 Å². The van der Waals surface area contributed by atoms with Crippen LogP contribution >= 0.6 is 0 Å². The van der Waals surface area contributed by atoms with E-state index in [0.717, 1.165) is 0 Å². The van der Waals surface area contributed by atoms with Crippen molar-refractivity contribution >= 4 is 35.2 Å². The Labute approximate surface area is 201 Å². The maximum Gasteiger partial charge on any atom is 0.337 e. The van der Waals surface area contributed by atoms with Gasteiger partial charge in [0.2, 0.25) is 0 Å². The molecule has 0 aliphatic carbocycles. The number of amides is 1. The predicted octanol–water partition coefficient (Wildman–Crippen LogP) is 2.28. The van der Waals surface area contributed by atoms with Crippen molar-refractivity contribution in [3.63, 3.8) is 0 Å². The summed E-state index contributed by atoms with van der Waals surface area (Å²) in [5.41, 5.74) is 0.505. The van der Waals surface area contributed by atoms with Gasteiger partial charge in [-0.1, -0.05) is 6.07 Å². The Bertz CT molecular complexity index is 1080. The number of nitro benzene ring substituents is 1. The highest BCUT2D eigenvalue weighted by Crippen LogP contribution is 2.32. The number of ether oxygens (including phenoxy) is 3. The van der Waals surface area contributed by atoms with E-state index in [4.69, 9.17) is 14.2 Å². The lowest BCUT2D eigenvalue weighted by Gasteiger charge is -2.28. The number of hydrogen-bond acceptors (Lipinski definition) is 10. The quantitative estimate of drug-likeness (QED) is 0.228. The van der Waals surface area contributed by atoms with Gasteiger partial charge < -0.3 is 24.8 Å². The highest BCUT2D eigenvalue weighted by Gasteiger charge is 2.42. The van der Waals surface area contributed by atoms with Crippen LogP contribution in [0.5, 0.6) is 0 Å². The first kappa shape index (κ1) is 27.0. The summed E-state index contributed by atoms with van der Waals surface area (Å²) in [6.07, 6.45) is 0. The number of anilines is 1. The first-order valence-corrected chi connectivity index (χ1v) is 10.8. The molecule has 2 N–H and O–H groups in total. The van der Waals surface area contributed by atoms with Crippen molar-refractivity contribution in [2.45, 2.75) is 34.6 Å². The number of nitro groups is 1. The molecule has 0 unspecified atom stereocenters. The van der Waals surface area contributed by atoms with E-state index in [1.165, 1.54) is 39.0 Å². The standard InChI is InChI=1S/C23H27N3O9/c1-6-33-21(28)18-13(4)24-14(5)19(22(29)34-7-2)20(18)23(30)35-11-17(27)25-15-9-8-10-16(12(15)3)26(31)32/h8-10,20,24H,6-7,11H2,1-5H3,(H,25,27). The van der Waals surface area contributed by atoms with Crippen molar-refractivity contribution in [2.24, 2.45) is 5.92 Å². The Morgan fingerprint density at radius 3 is 2.00 bits per heavy atom. The summed E-state index contributed by atoms with van der Waals surface area (Å²) in [6.45, 7) is 7.00. The molecule has 1 aromatic rings. The number of allylic oxidation sites excluding steroid dienone is 2. The molecule has 0 atom stereocenters. The van der Waals surface area contributed by atoms with Crippen LogP contribution in [0.2, 0.25) is 0 Å². The van der Waals surface area contributed by atoms with Gasteiger partial charge in [-0.05, 0) is 40.7 Å². The Balaban J connectivity index is 2.28. The number of dihydropyridines is 1. The molecular formula is C23H27N3O9. The molecule has 1 aliphatic heterocycles. The average Bonchev–Trinajstić information content (AvgIpc) is 2.78. The number of nitrogens with one attached hydrogen (secondary N) is 2. The number of nitrogens with zero attached hydrogens (tertiary/aromatic N) is 1. The summed E-state index contributed by atoms with van der Waals surface area (Å²) in [5, 5.41) is 16.4. The largest absolute Gasteiger partial charge is 0.463 e. The minimum atomic E-state index is -1.48. The van der Waals surface area contributed by atoms with E-state index < -0.39 is 41.3 Å². The molecule has 1 amide bonds. The minimum absolute atomic E-state index is 0.0276. The molecule has 0 fully saturated rings. The molecule has 0 aromatic heterocycles. The fourth-order valence-corrected chi connectivity index (χ4v) is 3.55. The Kier molecular flexibility index (Phi) is 9.09. The van der Waals surface area contributed by atoms with Gasteiger partial charge in [-0.2, -0.15) is 0 Å². The molecule has 0 bridgehead atoms. The van der Waals surface area contributed by atoms with Crippen molar-refractivity contribution in [3.05, 3.63) is 56.4 Å². The molecule has 12 nitrogen and oxygen atoms in total. The van der Waals surface area contributed by atoms with Gasteiger partial charge in [0.05, 0.1) is 40.5 Å². The zero-order valence-corrected chi connectivity index (χ0v) is 20.1. The average molecular weight is 489 g/mol. The third-order valence-corrected chi connectivity index (χ3v) is 5.11. The summed E-state index contributed by atoms with van der Waals surface area (Å²) in [6, 6.07) is 4.16. The zero-order chi connectivity index (χ0) is 26.3. The van der Waals surface area contributed by atoms with E-state index in [9.17, 15) is 29.3 Å². The third-order valence-electron chi connectivity index (χ3n) is 5.11. The molecule has 0 saturated carbocycles. The fourth-order valence-electron chi connectivity index (χ4n) is 3.55. The minimum Gasteiger partial charge on any atom is -0.463 e. The molecule has 188 valence electrons. The number of carbonyl (C=O) groups excluding carboxylic acids is 4. The predicted molar refractivity (Wildman–Crippen MR) is 123 cm³/mol. The molecule has 0 spiro atoms. The molecule has 0 saturated heterocycles. The second-order valence-electron chi connectivity index (χ2n) is 7.44. The van der Waals surface area contributed by atoms with Crippen LogP contribution in [-0.2, 0) is 33.4 Å². The van der Waals surface area contributed by atoms with Gasteiger partial charge in [-0.15, -0.1) is 0 Å². The smallest absolute Gasteiger partial charge is 0.337 e. The number of benzene rings is 1.